The number of amides is 2. The molecule has 16 heavy (non-hydrogen) atoms. The van der Waals surface area contributed by atoms with E-state index in [1.165, 1.54) is 0 Å². The van der Waals surface area contributed by atoms with Gasteiger partial charge in [0.2, 0.25) is 11.8 Å². The summed E-state index contributed by atoms with van der Waals surface area (Å²) in [6.45, 7) is 1.75. The molecule has 2 saturated heterocycles. The highest BCUT2D eigenvalue weighted by molar-refractivity contribution is 5.88. The van der Waals surface area contributed by atoms with Crippen LogP contribution >= 0.6 is 0 Å². The van der Waals surface area contributed by atoms with E-state index in [0.29, 0.717) is 32.5 Å². The summed E-state index contributed by atoms with van der Waals surface area (Å²) in [4.78, 5) is 24.7. The molecule has 2 amide bonds. The number of primary amides is 1. The molecule has 0 spiro atoms. The van der Waals surface area contributed by atoms with Gasteiger partial charge in [-0.15, -0.1) is 0 Å². The summed E-state index contributed by atoms with van der Waals surface area (Å²) in [5.74, 6) is -0.687. The van der Waals surface area contributed by atoms with Crippen LogP contribution in [-0.4, -0.2) is 48.6 Å². The Morgan fingerprint density at radius 2 is 2.19 bits per heavy atom. The molecule has 4 N–H and O–H groups in total. The molecule has 2 rings (SSSR count). The van der Waals surface area contributed by atoms with E-state index >= 15 is 0 Å². The van der Waals surface area contributed by atoms with Crippen molar-refractivity contribution in [3.63, 3.8) is 0 Å². The number of likely N-dealkylation sites (tertiary alicyclic amines) is 1. The molecular formula is C10H17N3O3. The standard InChI is InChI=1S/C10H17N3O3/c11-8(14)7-1-3-13(5-7)9(15)10(12)2-4-16-6-10/h7H,1-6,12H2,(H2,11,14). The first-order valence-electron chi connectivity index (χ1n) is 5.48. The van der Waals surface area contributed by atoms with Crippen LogP contribution in [0.25, 0.3) is 0 Å². The lowest BCUT2D eigenvalue weighted by Gasteiger charge is -2.27. The molecule has 0 aromatic rings. The number of carbonyl (C=O) groups is 2. The number of nitrogens with zero attached hydrogens (tertiary/aromatic N) is 1. The van der Waals surface area contributed by atoms with Gasteiger partial charge in [0.25, 0.3) is 0 Å². The Labute approximate surface area is 93.9 Å². The van der Waals surface area contributed by atoms with Crippen LogP contribution in [0.4, 0.5) is 0 Å². The summed E-state index contributed by atoms with van der Waals surface area (Å²) in [5, 5.41) is 0. The van der Waals surface area contributed by atoms with Crippen molar-refractivity contribution < 1.29 is 14.3 Å². The van der Waals surface area contributed by atoms with Gasteiger partial charge >= 0.3 is 0 Å². The van der Waals surface area contributed by atoms with E-state index in [-0.39, 0.29) is 24.3 Å². The Morgan fingerprint density at radius 3 is 2.69 bits per heavy atom. The zero-order valence-corrected chi connectivity index (χ0v) is 9.15. The number of carbonyl (C=O) groups excluding carboxylic acids is 2. The van der Waals surface area contributed by atoms with Crippen molar-refractivity contribution in [1.29, 1.82) is 0 Å². The minimum Gasteiger partial charge on any atom is -0.379 e. The third kappa shape index (κ3) is 1.90. The molecule has 2 aliphatic heterocycles. The average molecular weight is 227 g/mol. The molecule has 2 unspecified atom stereocenters. The molecule has 6 nitrogen and oxygen atoms in total. The van der Waals surface area contributed by atoms with Crippen molar-refractivity contribution in [2.45, 2.75) is 18.4 Å². The van der Waals surface area contributed by atoms with Crippen LogP contribution in [0.5, 0.6) is 0 Å². The minimum absolute atomic E-state index is 0.117. The Morgan fingerprint density at radius 1 is 1.44 bits per heavy atom. The van der Waals surface area contributed by atoms with Crippen molar-refractivity contribution in [2.75, 3.05) is 26.3 Å². The van der Waals surface area contributed by atoms with Gasteiger partial charge in [-0.2, -0.15) is 0 Å². The predicted molar refractivity (Wildman–Crippen MR) is 56.2 cm³/mol. The Kier molecular flexibility index (Phi) is 2.86. The zero-order chi connectivity index (χ0) is 11.8. The van der Waals surface area contributed by atoms with Gasteiger partial charge < -0.3 is 21.1 Å². The first-order valence-corrected chi connectivity index (χ1v) is 5.48. The minimum atomic E-state index is -0.896. The molecule has 0 aromatic heterocycles. The van der Waals surface area contributed by atoms with E-state index in [1.807, 2.05) is 0 Å². The fourth-order valence-corrected chi connectivity index (χ4v) is 2.24. The normalized spacial score (nSPS) is 34.3. The highest BCUT2D eigenvalue weighted by Crippen LogP contribution is 2.23. The van der Waals surface area contributed by atoms with Crippen LogP contribution in [0.2, 0.25) is 0 Å². The summed E-state index contributed by atoms with van der Waals surface area (Å²) in [6, 6.07) is 0. The first kappa shape index (κ1) is 11.3. The average Bonchev–Trinajstić information content (AvgIpc) is 2.85. The fraction of sp³-hybridized carbons (Fsp3) is 0.800. The molecular weight excluding hydrogens is 210 g/mol. The van der Waals surface area contributed by atoms with Crippen molar-refractivity contribution in [2.24, 2.45) is 17.4 Å². The second kappa shape index (κ2) is 4.03. The van der Waals surface area contributed by atoms with Gasteiger partial charge in [0.05, 0.1) is 12.5 Å². The molecule has 2 fully saturated rings. The largest absolute Gasteiger partial charge is 0.379 e. The lowest BCUT2D eigenvalue weighted by molar-refractivity contribution is -0.136. The molecule has 0 radical (unpaired) electrons. The van der Waals surface area contributed by atoms with E-state index in [1.54, 1.807) is 4.90 Å². The van der Waals surface area contributed by atoms with Gasteiger partial charge in [0, 0.05) is 19.7 Å². The number of rotatable bonds is 2. The summed E-state index contributed by atoms with van der Waals surface area (Å²) in [6.07, 6.45) is 1.18. The smallest absolute Gasteiger partial charge is 0.245 e. The summed E-state index contributed by atoms with van der Waals surface area (Å²) in [5.41, 5.74) is 10.3. The van der Waals surface area contributed by atoms with E-state index in [9.17, 15) is 9.59 Å². The Balaban J connectivity index is 1.99. The van der Waals surface area contributed by atoms with E-state index in [2.05, 4.69) is 0 Å². The van der Waals surface area contributed by atoms with Crippen LogP contribution < -0.4 is 11.5 Å². The van der Waals surface area contributed by atoms with Crippen LogP contribution in [-0.2, 0) is 14.3 Å². The zero-order valence-electron chi connectivity index (χ0n) is 9.15. The van der Waals surface area contributed by atoms with Crippen molar-refractivity contribution in [3.8, 4) is 0 Å². The molecule has 0 bridgehead atoms. The molecule has 2 atom stereocenters. The van der Waals surface area contributed by atoms with Crippen molar-refractivity contribution in [1.82, 2.24) is 4.90 Å². The van der Waals surface area contributed by atoms with Gasteiger partial charge in [-0.3, -0.25) is 9.59 Å². The Hall–Kier alpha value is -1.14. The lowest BCUT2D eigenvalue weighted by Crippen LogP contribution is -2.55. The first-order chi connectivity index (χ1) is 7.53. The molecule has 6 heteroatoms. The Bertz CT molecular complexity index is 312. The van der Waals surface area contributed by atoms with Gasteiger partial charge in [-0.25, -0.2) is 0 Å². The molecule has 2 heterocycles. The molecule has 0 aromatic carbocycles. The maximum Gasteiger partial charge on any atom is 0.245 e. The third-order valence-electron chi connectivity index (χ3n) is 3.36. The van der Waals surface area contributed by atoms with Crippen molar-refractivity contribution in [3.05, 3.63) is 0 Å². The number of hydrogen-bond donors (Lipinski definition) is 2. The number of ether oxygens (including phenoxy) is 1. The molecule has 0 aliphatic carbocycles. The van der Waals surface area contributed by atoms with Gasteiger partial charge in [0.15, 0.2) is 0 Å². The molecule has 2 aliphatic rings. The maximum atomic E-state index is 12.1. The number of nitrogens with two attached hydrogens (primary N) is 2. The predicted octanol–water partition coefficient (Wildman–Crippen LogP) is -1.56. The summed E-state index contributed by atoms with van der Waals surface area (Å²) < 4.78 is 5.15. The number of hydrogen-bond acceptors (Lipinski definition) is 4. The van der Waals surface area contributed by atoms with Crippen LogP contribution in [0.1, 0.15) is 12.8 Å². The fourth-order valence-electron chi connectivity index (χ4n) is 2.24. The monoisotopic (exact) mass is 227 g/mol. The second-order valence-electron chi connectivity index (χ2n) is 4.60. The van der Waals surface area contributed by atoms with Crippen LogP contribution in [0.3, 0.4) is 0 Å². The quantitative estimate of drug-likeness (QED) is 0.596. The van der Waals surface area contributed by atoms with Gasteiger partial charge in [-0.05, 0) is 12.8 Å². The van der Waals surface area contributed by atoms with Gasteiger partial charge in [0.1, 0.15) is 5.54 Å². The van der Waals surface area contributed by atoms with E-state index in [4.69, 9.17) is 16.2 Å². The van der Waals surface area contributed by atoms with Crippen LogP contribution in [0, 0.1) is 5.92 Å². The van der Waals surface area contributed by atoms with Gasteiger partial charge in [-0.1, -0.05) is 0 Å². The highest BCUT2D eigenvalue weighted by Gasteiger charge is 2.43. The second-order valence-corrected chi connectivity index (χ2v) is 4.60. The van der Waals surface area contributed by atoms with Crippen molar-refractivity contribution >= 4 is 11.8 Å². The van der Waals surface area contributed by atoms with Crippen LogP contribution in [0.15, 0.2) is 0 Å². The molecule has 0 saturated carbocycles. The molecule has 90 valence electrons. The van der Waals surface area contributed by atoms with E-state index in [0.717, 1.165) is 0 Å². The third-order valence-corrected chi connectivity index (χ3v) is 3.36. The topological polar surface area (TPSA) is 98.7 Å². The maximum absolute atomic E-state index is 12.1. The summed E-state index contributed by atoms with van der Waals surface area (Å²) >= 11 is 0. The lowest BCUT2D eigenvalue weighted by atomic mass is 9.98. The highest BCUT2D eigenvalue weighted by atomic mass is 16.5. The SMILES string of the molecule is NC(=O)C1CCN(C(=O)C2(N)CCOC2)C1. The summed E-state index contributed by atoms with van der Waals surface area (Å²) in [7, 11) is 0. The van der Waals surface area contributed by atoms with E-state index < -0.39 is 5.54 Å².